The van der Waals surface area contributed by atoms with E-state index in [2.05, 4.69) is 0 Å². The minimum absolute atomic E-state index is 0.135. The molecule has 1 atom stereocenters. The maximum Gasteiger partial charge on any atom is 0.337 e. The van der Waals surface area contributed by atoms with E-state index in [0.29, 0.717) is 23.1 Å². The fourth-order valence-electron chi connectivity index (χ4n) is 3.11. The average Bonchev–Trinajstić information content (AvgIpc) is 2.77. The van der Waals surface area contributed by atoms with Gasteiger partial charge >= 0.3 is 5.97 Å². The molecule has 0 saturated carbocycles. The lowest BCUT2D eigenvalue weighted by atomic mass is 9.87. The number of carbonyl (C=O) groups is 2. The van der Waals surface area contributed by atoms with Crippen molar-refractivity contribution in [1.82, 2.24) is 0 Å². The Bertz CT molecular complexity index is 1010. The summed E-state index contributed by atoms with van der Waals surface area (Å²) in [4.78, 5) is 25.1. The highest BCUT2D eigenvalue weighted by atomic mass is 19.1. The van der Waals surface area contributed by atoms with Crippen molar-refractivity contribution in [2.75, 3.05) is 7.11 Å². The molecule has 1 unspecified atom stereocenters. The Morgan fingerprint density at radius 3 is 2.34 bits per heavy atom. The first kappa shape index (κ1) is 20.2. The van der Waals surface area contributed by atoms with E-state index in [-0.39, 0.29) is 5.78 Å². The summed E-state index contributed by atoms with van der Waals surface area (Å²) in [7, 11) is 1.32. The Hall–Kier alpha value is -3.53. The number of benzene rings is 3. The van der Waals surface area contributed by atoms with Crippen LogP contribution in [0.15, 0.2) is 84.9 Å². The normalized spacial score (nSPS) is 11.9. The van der Waals surface area contributed by atoms with Crippen molar-refractivity contribution in [3.63, 3.8) is 0 Å². The van der Waals surface area contributed by atoms with Gasteiger partial charge < -0.3 is 4.74 Å². The number of Topliss-reactive ketones (excluding diaryl/α,β-unsaturated/α-hetero) is 1. The molecule has 0 fully saturated rings. The number of ether oxygens (including phenoxy) is 1. The fourth-order valence-corrected chi connectivity index (χ4v) is 3.11. The van der Waals surface area contributed by atoms with Gasteiger partial charge in [-0.3, -0.25) is 4.79 Å². The minimum Gasteiger partial charge on any atom is -0.465 e. The summed E-state index contributed by atoms with van der Waals surface area (Å²) >= 11 is 0. The third-order valence-electron chi connectivity index (χ3n) is 4.64. The van der Waals surface area contributed by atoms with E-state index in [0.717, 1.165) is 5.56 Å². The SMILES string of the molecule is COC(=O)c1cccc(C(CC=Cc2ccccc2)C(=O)c2ccc(F)cc2)c1. The summed E-state index contributed by atoms with van der Waals surface area (Å²) in [5, 5.41) is 0. The van der Waals surface area contributed by atoms with Crippen molar-refractivity contribution in [3.8, 4) is 0 Å². The highest BCUT2D eigenvalue weighted by Gasteiger charge is 2.22. The van der Waals surface area contributed by atoms with Gasteiger partial charge in [0.05, 0.1) is 18.6 Å². The van der Waals surface area contributed by atoms with Crippen LogP contribution in [-0.2, 0) is 4.74 Å². The van der Waals surface area contributed by atoms with Gasteiger partial charge in [0.2, 0.25) is 0 Å². The molecule has 0 heterocycles. The van der Waals surface area contributed by atoms with Crippen LogP contribution in [0.4, 0.5) is 4.39 Å². The number of hydrogen-bond donors (Lipinski definition) is 0. The van der Waals surface area contributed by atoms with Gasteiger partial charge in [-0.05, 0) is 53.9 Å². The second kappa shape index (κ2) is 9.60. The van der Waals surface area contributed by atoms with Crippen LogP contribution < -0.4 is 0 Å². The van der Waals surface area contributed by atoms with Gasteiger partial charge in [-0.25, -0.2) is 9.18 Å². The number of halogens is 1. The number of hydrogen-bond acceptors (Lipinski definition) is 3. The maximum absolute atomic E-state index is 13.3. The lowest BCUT2D eigenvalue weighted by molar-refractivity contribution is 0.0600. The molecule has 0 aromatic heterocycles. The van der Waals surface area contributed by atoms with Crippen molar-refractivity contribution in [2.24, 2.45) is 0 Å². The first-order chi connectivity index (χ1) is 14.1. The first-order valence-electron chi connectivity index (χ1n) is 9.28. The number of methoxy groups -OCH3 is 1. The summed E-state index contributed by atoms with van der Waals surface area (Å²) in [6.45, 7) is 0. The lowest BCUT2D eigenvalue weighted by Crippen LogP contribution is -2.13. The fraction of sp³-hybridized carbons (Fsp3) is 0.120. The standard InChI is InChI=1S/C25H21FO3/c1-29-25(28)21-11-6-10-20(17-21)23(12-5-9-18-7-3-2-4-8-18)24(27)19-13-15-22(26)16-14-19/h2-11,13-17,23H,12H2,1H3. The number of rotatable bonds is 7. The predicted molar refractivity (Wildman–Crippen MR) is 111 cm³/mol. The molecule has 29 heavy (non-hydrogen) atoms. The van der Waals surface area contributed by atoms with Gasteiger partial charge in [0.15, 0.2) is 5.78 Å². The molecule has 146 valence electrons. The van der Waals surface area contributed by atoms with Crippen LogP contribution in [0.1, 0.15) is 44.2 Å². The molecule has 0 N–H and O–H groups in total. The van der Waals surface area contributed by atoms with Gasteiger partial charge in [-0.15, -0.1) is 0 Å². The van der Waals surface area contributed by atoms with Crippen molar-refractivity contribution >= 4 is 17.8 Å². The average molecular weight is 388 g/mol. The van der Waals surface area contributed by atoms with Crippen LogP contribution in [0.25, 0.3) is 6.08 Å². The van der Waals surface area contributed by atoms with Crippen LogP contribution in [0.2, 0.25) is 0 Å². The van der Waals surface area contributed by atoms with E-state index in [1.807, 2.05) is 48.6 Å². The molecule has 0 bridgehead atoms. The number of ketones is 1. The van der Waals surface area contributed by atoms with Gasteiger partial charge in [-0.2, -0.15) is 0 Å². The Kier molecular flexibility index (Phi) is 6.69. The molecule has 3 nitrogen and oxygen atoms in total. The molecular weight excluding hydrogens is 367 g/mol. The molecule has 0 spiro atoms. The summed E-state index contributed by atoms with van der Waals surface area (Å²) in [5.41, 5.74) is 2.55. The Balaban J connectivity index is 1.92. The summed E-state index contributed by atoms with van der Waals surface area (Å²) in [5.74, 6) is -1.50. The second-order valence-electron chi connectivity index (χ2n) is 6.59. The van der Waals surface area contributed by atoms with Gasteiger partial charge in [-0.1, -0.05) is 54.6 Å². The minimum atomic E-state index is -0.509. The lowest BCUT2D eigenvalue weighted by Gasteiger charge is -2.16. The highest BCUT2D eigenvalue weighted by molar-refractivity contribution is 6.01. The van der Waals surface area contributed by atoms with Crippen molar-refractivity contribution in [2.45, 2.75) is 12.3 Å². The maximum atomic E-state index is 13.3. The number of allylic oxidation sites excluding steroid dienone is 1. The molecule has 0 aliphatic carbocycles. The summed E-state index contributed by atoms with van der Waals surface area (Å²) < 4.78 is 18.1. The zero-order chi connectivity index (χ0) is 20.6. The molecule has 3 rings (SSSR count). The molecule has 3 aromatic rings. The molecule has 0 amide bonds. The van der Waals surface area contributed by atoms with Gasteiger partial charge in [0.1, 0.15) is 5.82 Å². The van der Waals surface area contributed by atoms with Crippen LogP contribution in [0, 0.1) is 5.82 Å². The van der Waals surface area contributed by atoms with Crippen molar-refractivity contribution in [1.29, 1.82) is 0 Å². The monoisotopic (exact) mass is 388 g/mol. The molecular formula is C25H21FO3. The van der Waals surface area contributed by atoms with Gasteiger partial charge in [0.25, 0.3) is 0 Å². The predicted octanol–water partition coefficient (Wildman–Crippen LogP) is 5.68. The number of esters is 1. The third-order valence-corrected chi connectivity index (χ3v) is 4.64. The van der Waals surface area contributed by atoms with E-state index in [1.54, 1.807) is 18.2 Å². The van der Waals surface area contributed by atoms with E-state index >= 15 is 0 Å². The molecule has 0 aliphatic rings. The molecule has 0 saturated heterocycles. The largest absolute Gasteiger partial charge is 0.465 e. The third kappa shape index (κ3) is 5.26. The van der Waals surface area contributed by atoms with Gasteiger partial charge in [0, 0.05) is 5.56 Å². The molecule has 4 heteroatoms. The molecule has 3 aromatic carbocycles. The van der Waals surface area contributed by atoms with E-state index < -0.39 is 17.7 Å². The topological polar surface area (TPSA) is 43.4 Å². The molecule has 0 radical (unpaired) electrons. The Labute approximate surface area is 169 Å². The van der Waals surface area contributed by atoms with Crippen LogP contribution in [-0.4, -0.2) is 18.9 Å². The zero-order valence-electron chi connectivity index (χ0n) is 16.0. The van der Waals surface area contributed by atoms with Crippen molar-refractivity contribution in [3.05, 3.63) is 113 Å². The Morgan fingerprint density at radius 2 is 1.66 bits per heavy atom. The Morgan fingerprint density at radius 1 is 0.931 bits per heavy atom. The highest BCUT2D eigenvalue weighted by Crippen LogP contribution is 2.27. The second-order valence-corrected chi connectivity index (χ2v) is 6.59. The summed E-state index contributed by atoms with van der Waals surface area (Å²) in [6.07, 6.45) is 4.33. The van der Waals surface area contributed by atoms with Crippen molar-refractivity contribution < 1.29 is 18.7 Å². The number of carbonyl (C=O) groups excluding carboxylic acids is 2. The summed E-state index contributed by atoms with van der Waals surface area (Å²) in [6, 6.07) is 22.2. The van der Waals surface area contributed by atoms with E-state index in [9.17, 15) is 14.0 Å². The quantitative estimate of drug-likeness (QED) is 0.386. The van der Waals surface area contributed by atoms with Crippen LogP contribution in [0.3, 0.4) is 0 Å². The van der Waals surface area contributed by atoms with E-state index in [4.69, 9.17) is 4.74 Å². The zero-order valence-corrected chi connectivity index (χ0v) is 16.0. The van der Waals surface area contributed by atoms with E-state index in [1.165, 1.54) is 31.4 Å². The molecule has 0 aliphatic heterocycles. The first-order valence-corrected chi connectivity index (χ1v) is 9.28. The van der Waals surface area contributed by atoms with Crippen LogP contribution >= 0.6 is 0 Å². The van der Waals surface area contributed by atoms with Crippen LogP contribution in [0.5, 0.6) is 0 Å². The smallest absolute Gasteiger partial charge is 0.337 e.